The maximum atomic E-state index is 11.7. The molecule has 0 fully saturated rings. The number of amides is 1. The maximum absolute atomic E-state index is 11.7. The van der Waals surface area contributed by atoms with Crippen LogP contribution in [-0.4, -0.2) is 42.6 Å². The lowest BCUT2D eigenvalue weighted by molar-refractivity contribution is -0.148. The van der Waals surface area contributed by atoms with Crippen molar-refractivity contribution in [2.45, 2.75) is 39.0 Å². The number of hydrogen-bond donors (Lipinski definition) is 1. The van der Waals surface area contributed by atoms with E-state index in [1.165, 1.54) is 0 Å². The molecule has 1 heterocycles. The average Bonchev–Trinajstić information content (AvgIpc) is 3.06. The Morgan fingerprint density at radius 3 is 2.59 bits per heavy atom. The molecular formula is C19H24N2O5S. The summed E-state index contributed by atoms with van der Waals surface area (Å²) in [5.41, 5.74) is 0.972. The molecule has 8 heteroatoms. The first kappa shape index (κ1) is 20.8. The number of nitrogens with zero attached hydrogens (tertiary/aromatic N) is 1. The number of nitrogens with one attached hydrogen (secondary N) is 1. The molecule has 7 nitrogen and oxygen atoms in total. The number of carbonyl (C=O) groups excluding carboxylic acids is 3. The van der Waals surface area contributed by atoms with Gasteiger partial charge in [0.2, 0.25) is 0 Å². The van der Waals surface area contributed by atoms with Crippen LogP contribution in [0.1, 0.15) is 37.6 Å². The fourth-order valence-corrected chi connectivity index (χ4v) is 3.38. The molecule has 146 valence electrons. The molecule has 0 bridgehead atoms. The summed E-state index contributed by atoms with van der Waals surface area (Å²) >= 11 is 1.62. The second-order valence-corrected chi connectivity index (χ2v) is 6.96. The second kappa shape index (κ2) is 11.3. The molecule has 0 aliphatic heterocycles. The monoisotopic (exact) mass is 392 g/mol. The molecule has 2 aromatic rings. The van der Waals surface area contributed by atoms with Crippen molar-refractivity contribution in [1.29, 1.82) is 0 Å². The van der Waals surface area contributed by atoms with Gasteiger partial charge in [0.15, 0.2) is 6.61 Å². The van der Waals surface area contributed by atoms with Gasteiger partial charge in [0.1, 0.15) is 0 Å². The number of aromatic nitrogens is 1. The van der Waals surface area contributed by atoms with Crippen molar-refractivity contribution < 1.29 is 23.9 Å². The van der Waals surface area contributed by atoms with Gasteiger partial charge in [-0.15, -0.1) is 11.3 Å². The normalized spacial score (nSPS) is 10.6. The lowest BCUT2D eigenvalue weighted by Gasteiger charge is -2.06. The van der Waals surface area contributed by atoms with E-state index in [-0.39, 0.29) is 31.3 Å². The van der Waals surface area contributed by atoms with E-state index in [9.17, 15) is 14.4 Å². The van der Waals surface area contributed by atoms with E-state index in [4.69, 9.17) is 9.47 Å². The van der Waals surface area contributed by atoms with Crippen molar-refractivity contribution in [3.8, 4) is 0 Å². The van der Waals surface area contributed by atoms with E-state index >= 15 is 0 Å². The first-order chi connectivity index (χ1) is 13.1. The lowest BCUT2D eigenvalue weighted by atomic mass is 10.2. The summed E-state index contributed by atoms with van der Waals surface area (Å²) in [5, 5.41) is 3.59. The average molecular weight is 392 g/mol. The van der Waals surface area contributed by atoms with Crippen LogP contribution < -0.4 is 5.32 Å². The molecule has 0 aliphatic rings. The number of esters is 2. The molecule has 27 heavy (non-hydrogen) atoms. The predicted molar refractivity (Wildman–Crippen MR) is 102 cm³/mol. The number of rotatable bonds is 11. The number of thiazole rings is 1. The highest BCUT2D eigenvalue weighted by Gasteiger charge is 2.09. The molecular weight excluding hydrogens is 368 g/mol. The molecule has 1 aromatic carbocycles. The third kappa shape index (κ3) is 7.74. The first-order valence-electron chi connectivity index (χ1n) is 9.01. The minimum atomic E-state index is -0.405. The highest BCUT2D eigenvalue weighted by Crippen LogP contribution is 2.22. The summed E-state index contributed by atoms with van der Waals surface area (Å²) in [6.07, 6.45) is 2.31. The van der Waals surface area contributed by atoms with Gasteiger partial charge in [-0.3, -0.25) is 14.4 Å². The van der Waals surface area contributed by atoms with Crippen molar-refractivity contribution in [1.82, 2.24) is 10.3 Å². The summed E-state index contributed by atoms with van der Waals surface area (Å²) in [6.45, 7) is 2.12. The molecule has 1 aromatic heterocycles. The summed E-state index contributed by atoms with van der Waals surface area (Å²) in [4.78, 5) is 39.0. The van der Waals surface area contributed by atoms with Crippen LogP contribution in [0.3, 0.4) is 0 Å². The van der Waals surface area contributed by atoms with Crippen molar-refractivity contribution in [2.24, 2.45) is 0 Å². The predicted octanol–water partition coefficient (Wildman–Crippen LogP) is 2.62. The first-order valence-corrected chi connectivity index (χ1v) is 9.82. The Morgan fingerprint density at radius 2 is 1.81 bits per heavy atom. The standard InChI is InChI=1S/C19H24N2O5S/c1-2-25-18(23)11-6-12-20-16(22)13-26-19(24)10-5-9-17-21-14-7-3-4-8-15(14)27-17/h3-4,7-8H,2,5-6,9-13H2,1H3,(H,20,22). The van der Waals surface area contributed by atoms with E-state index in [2.05, 4.69) is 10.3 Å². The molecule has 1 N–H and O–H groups in total. The molecule has 1 amide bonds. The van der Waals surface area contributed by atoms with E-state index in [1.807, 2.05) is 24.3 Å². The van der Waals surface area contributed by atoms with Crippen molar-refractivity contribution in [2.75, 3.05) is 19.8 Å². The zero-order valence-corrected chi connectivity index (χ0v) is 16.2. The number of hydrogen-bond acceptors (Lipinski definition) is 7. The van der Waals surface area contributed by atoms with Crippen molar-refractivity contribution >= 4 is 39.4 Å². The Kier molecular flexibility index (Phi) is 8.70. The highest BCUT2D eigenvalue weighted by molar-refractivity contribution is 7.18. The Hall–Kier alpha value is -2.48. The molecule has 0 atom stereocenters. The third-order valence-corrected chi connectivity index (χ3v) is 4.76. The van der Waals surface area contributed by atoms with Gasteiger partial charge in [-0.1, -0.05) is 12.1 Å². The minimum Gasteiger partial charge on any atom is -0.466 e. The van der Waals surface area contributed by atoms with E-state index < -0.39 is 5.97 Å². The fourth-order valence-electron chi connectivity index (χ4n) is 2.37. The number of para-hydroxylation sites is 1. The SMILES string of the molecule is CCOC(=O)CCCNC(=O)COC(=O)CCCc1nc2ccccc2s1. The molecule has 0 unspecified atom stereocenters. The van der Waals surface area contributed by atoms with Crippen LogP contribution in [0.15, 0.2) is 24.3 Å². The third-order valence-electron chi connectivity index (χ3n) is 3.66. The van der Waals surface area contributed by atoms with Crippen molar-refractivity contribution in [3.63, 3.8) is 0 Å². The summed E-state index contributed by atoms with van der Waals surface area (Å²) in [7, 11) is 0. The van der Waals surface area contributed by atoms with Gasteiger partial charge < -0.3 is 14.8 Å². The minimum absolute atomic E-state index is 0.242. The fraction of sp³-hybridized carbons (Fsp3) is 0.474. The van der Waals surface area contributed by atoms with E-state index in [1.54, 1.807) is 18.3 Å². The molecule has 0 aliphatic carbocycles. The number of fused-ring (bicyclic) bond motifs is 1. The summed E-state index contributed by atoms with van der Waals surface area (Å²) in [5.74, 6) is -1.07. The lowest BCUT2D eigenvalue weighted by Crippen LogP contribution is -2.29. The second-order valence-electron chi connectivity index (χ2n) is 5.85. The zero-order chi connectivity index (χ0) is 19.5. The van der Waals surface area contributed by atoms with Crippen molar-refractivity contribution in [3.05, 3.63) is 29.3 Å². The van der Waals surface area contributed by atoms with Gasteiger partial charge in [-0.2, -0.15) is 0 Å². The number of ether oxygens (including phenoxy) is 2. The van der Waals surface area contributed by atoms with E-state index in [0.29, 0.717) is 32.4 Å². The highest BCUT2D eigenvalue weighted by atomic mass is 32.1. The molecule has 0 radical (unpaired) electrons. The number of benzene rings is 1. The topological polar surface area (TPSA) is 94.6 Å². The van der Waals surface area contributed by atoms with Crippen LogP contribution >= 0.6 is 11.3 Å². The zero-order valence-electron chi connectivity index (χ0n) is 15.4. The Morgan fingerprint density at radius 1 is 1.07 bits per heavy atom. The van der Waals surface area contributed by atoms with Crippen LogP contribution in [-0.2, 0) is 30.3 Å². The van der Waals surface area contributed by atoms with Gasteiger partial charge in [-0.25, -0.2) is 4.98 Å². The Bertz CT molecular complexity index is 741. The smallest absolute Gasteiger partial charge is 0.306 e. The molecule has 0 saturated carbocycles. The quantitative estimate of drug-likeness (QED) is 0.467. The van der Waals surface area contributed by atoms with Gasteiger partial charge >= 0.3 is 11.9 Å². The van der Waals surface area contributed by atoms with Gasteiger partial charge in [0.05, 0.1) is 21.8 Å². The van der Waals surface area contributed by atoms with Crippen LogP contribution in [0.5, 0.6) is 0 Å². The largest absolute Gasteiger partial charge is 0.466 e. The number of aryl methyl sites for hydroxylation is 1. The van der Waals surface area contributed by atoms with Gasteiger partial charge in [0.25, 0.3) is 5.91 Å². The van der Waals surface area contributed by atoms with Gasteiger partial charge in [0, 0.05) is 19.4 Å². The van der Waals surface area contributed by atoms with E-state index in [0.717, 1.165) is 15.2 Å². The molecule has 2 rings (SSSR count). The van der Waals surface area contributed by atoms with Gasteiger partial charge in [-0.05, 0) is 38.3 Å². The van der Waals surface area contributed by atoms with Crippen LogP contribution in [0.2, 0.25) is 0 Å². The van der Waals surface area contributed by atoms with Crippen LogP contribution in [0.25, 0.3) is 10.2 Å². The van der Waals surface area contributed by atoms with Crippen LogP contribution in [0.4, 0.5) is 0 Å². The molecule has 0 saturated heterocycles. The molecule has 0 spiro atoms. The summed E-state index contributed by atoms with van der Waals surface area (Å²) < 4.78 is 10.9. The Labute approximate surface area is 162 Å². The number of carbonyl (C=O) groups is 3. The van der Waals surface area contributed by atoms with Crippen LogP contribution in [0, 0.1) is 0 Å². The Balaban J connectivity index is 1.55. The summed E-state index contributed by atoms with van der Waals surface area (Å²) in [6, 6.07) is 7.92. The maximum Gasteiger partial charge on any atom is 0.306 e.